The van der Waals surface area contributed by atoms with Crippen LogP contribution in [0.4, 0.5) is 5.69 Å². The van der Waals surface area contributed by atoms with Crippen LogP contribution in [0.5, 0.6) is 0 Å². The third kappa shape index (κ3) is 5.00. The highest BCUT2D eigenvalue weighted by atomic mass is 35.5. The molecule has 0 saturated heterocycles. The zero-order chi connectivity index (χ0) is 21.0. The molecular formula is C21H19ClN2O5. The number of anilines is 1. The van der Waals surface area contributed by atoms with Gasteiger partial charge in [0.25, 0.3) is 11.8 Å². The van der Waals surface area contributed by atoms with Gasteiger partial charge >= 0.3 is 5.97 Å². The van der Waals surface area contributed by atoms with Crippen molar-refractivity contribution in [1.29, 1.82) is 0 Å². The van der Waals surface area contributed by atoms with Crippen LogP contribution in [0.1, 0.15) is 27.9 Å². The van der Waals surface area contributed by atoms with Gasteiger partial charge in [0.15, 0.2) is 6.61 Å². The predicted molar refractivity (Wildman–Crippen MR) is 107 cm³/mol. The SMILES string of the molecule is Cc1ccc(NC(=O)COC(=O)CCN2C(=O)Cc3ccccc3C2=O)c(Cl)c1. The molecule has 0 spiro atoms. The Labute approximate surface area is 172 Å². The first-order valence-corrected chi connectivity index (χ1v) is 9.37. The number of amides is 3. The number of hydrogen-bond acceptors (Lipinski definition) is 5. The van der Waals surface area contributed by atoms with Gasteiger partial charge in [-0.2, -0.15) is 0 Å². The number of nitrogens with one attached hydrogen (secondary N) is 1. The van der Waals surface area contributed by atoms with Crippen LogP contribution >= 0.6 is 11.6 Å². The Balaban J connectivity index is 1.48. The summed E-state index contributed by atoms with van der Waals surface area (Å²) in [7, 11) is 0. The monoisotopic (exact) mass is 414 g/mol. The van der Waals surface area contributed by atoms with Gasteiger partial charge in [-0.05, 0) is 36.2 Å². The quantitative estimate of drug-likeness (QED) is 0.579. The molecule has 7 nitrogen and oxygen atoms in total. The first kappa shape index (κ1) is 20.5. The van der Waals surface area contributed by atoms with Crippen molar-refractivity contribution < 1.29 is 23.9 Å². The average molecular weight is 415 g/mol. The lowest BCUT2D eigenvalue weighted by Gasteiger charge is -2.26. The van der Waals surface area contributed by atoms with Gasteiger partial charge in [0.2, 0.25) is 5.91 Å². The summed E-state index contributed by atoms with van der Waals surface area (Å²) in [5.41, 5.74) is 2.49. The Kier molecular flexibility index (Phi) is 6.29. The van der Waals surface area contributed by atoms with Gasteiger partial charge in [-0.15, -0.1) is 0 Å². The Bertz CT molecular complexity index is 989. The van der Waals surface area contributed by atoms with E-state index in [1.54, 1.807) is 42.5 Å². The summed E-state index contributed by atoms with van der Waals surface area (Å²) in [4.78, 5) is 49.5. The van der Waals surface area contributed by atoms with E-state index in [9.17, 15) is 19.2 Å². The Morgan fingerprint density at radius 2 is 1.93 bits per heavy atom. The van der Waals surface area contributed by atoms with Gasteiger partial charge < -0.3 is 10.1 Å². The number of nitrogens with zero attached hydrogens (tertiary/aromatic N) is 1. The summed E-state index contributed by atoms with van der Waals surface area (Å²) in [6.45, 7) is 1.28. The topological polar surface area (TPSA) is 92.8 Å². The van der Waals surface area contributed by atoms with Crippen molar-refractivity contribution in [1.82, 2.24) is 4.90 Å². The number of carbonyl (C=O) groups is 4. The number of halogens is 1. The lowest BCUT2D eigenvalue weighted by Crippen LogP contribution is -2.43. The smallest absolute Gasteiger partial charge is 0.308 e. The Hall–Kier alpha value is -3.19. The van der Waals surface area contributed by atoms with E-state index in [-0.39, 0.29) is 25.3 Å². The molecule has 0 aromatic heterocycles. The number of carbonyl (C=O) groups excluding carboxylic acids is 4. The van der Waals surface area contributed by atoms with Crippen molar-refractivity contribution in [3.8, 4) is 0 Å². The minimum Gasteiger partial charge on any atom is -0.456 e. The van der Waals surface area contributed by atoms with E-state index < -0.39 is 24.4 Å². The number of aryl methyl sites for hydroxylation is 1. The van der Waals surface area contributed by atoms with Crippen molar-refractivity contribution in [2.75, 3.05) is 18.5 Å². The molecule has 2 aromatic carbocycles. The van der Waals surface area contributed by atoms with Gasteiger partial charge in [-0.25, -0.2) is 0 Å². The summed E-state index contributed by atoms with van der Waals surface area (Å²) in [6.07, 6.45) is -0.0884. The second-order valence-electron chi connectivity index (χ2n) is 6.63. The van der Waals surface area contributed by atoms with Crippen LogP contribution in [0.25, 0.3) is 0 Å². The number of imide groups is 1. The minimum absolute atomic E-state index is 0.101. The van der Waals surface area contributed by atoms with Crippen molar-refractivity contribution in [3.63, 3.8) is 0 Å². The molecule has 1 N–H and O–H groups in total. The summed E-state index contributed by atoms with van der Waals surface area (Å²) in [5, 5.41) is 2.94. The fourth-order valence-electron chi connectivity index (χ4n) is 2.96. The van der Waals surface area contributed by atoms with E-state index in [0.717, 1.165) is 10.5 Å². The number of benzene rings is 2. The Morgan fingerprint density at radius 3 is 2.69 bits per heavy atom. The highest BCUT2D eigenvalue weighted by Crippen LogP contribution is 2.22. The molecule has 1 aliphatic rings. The summed E-state index contributed by atoms with van der Waals surface area (Å²) in [6, 6.07) is 12.0. The molecule has 29 heavy (non-hydrogen) atoms. The van der Waals surface area contributed by atoms with E-state index in [1.807, 2.05) is 6.92 Å². The Morgan fingerprint density at radius 1 is 1.17 bits per heavy atom. The van der Waals surface area contributed by atoms with Crippen LogP contribution in [-0.4, -0.2) is 41.7 Å². The largest absolute Gasteiger partial charge is 0.456 e. The summed E-state index contributed by atoms with van der Waals surface area (Å²) in [5.74, 6) is -2.03. The minimum atomic E-state index is -0.686. The summed E-state index contributed by atoms with van der Waals surface area (Å²) >= 11 is 6.04. The molecule has 0 bridgehead atoms. The molecule has 0 fully saturated rings. The third-order valence-corrected chi connectivity index (χ3v) is 4.75. The van der Waals surface area contributed by atoms with Crippen molar-refractivity contribution in [2.24, 2.45) is 0 Å². The third-order valence-electron chi connectivity index (χ3n) is 4.44. The standard InChI is InChI=1S/C21H19ClN2O5/c1-13-6-7-17(16(22)10-13)23-18(25)12-29-20(27)8-9-24-19(26)11-14-4-2-3-5-15(14)21(24)28/h2-7,10H,8-9,11-12H2,1H3,(H,23,25). The van der Waals surface area contributed by atoms with E-state index in [2.05, 4.69) is 5.32 Å². The summed E-state index contributed by atoms with van der Waals surface area (Å²) < 4.78 is 4.93. The molecule has 3 amide bonds. The molecule has 2 aromatic rings. The van der Waals surface area contributed by atoms with Crippen molar-refractivity contribution in [2.45, 2.75) is 19.8 Å². The fourth-order valence-corrected chi connectivity index (χ4v) is 3.24. The molecule has 150 valence electrons. The maximum atomic E-state index is 12.4. The van der Waals surface area contributed by atoms with Crippen LogP contribution in [-0.2, 0) is 25.5 Å². The number of fused-ring (bicyclic) bond motifs is 1. The molecule has 1 aliphatic heterocycles. The van der Waals surface area contributed by atoms with Gasteiger partial charge in [-0.3, -0.25) is 24.1 Å². The van der Waals surface area contributed by atoms with Crippen LogP contribution in [0, 0.1) is 6.92 Å². The predicted octanol–water partition coefficient (Wildman–Crippen LogP) is 2.75. The molecule has 8 heteroatoms. The average Bonchev–Trinajstić information content (AvgIpc) is 2.68. The molecule has 0 radical (unpaired) electrons. The first-order valence-electron chi connectivity index (χ1n) is 8.99. The first-order chi connectivity index (χ1) is 13.8. The second-order valence-corrected chi connectivity index (χ2v) is 7.03. The number of esters is 1. The van der Waals surface area contributed by atoms with Crippen LogP contribution in [0.3, 0.4) is 0 Å². The fraction of sp³-hybridized carbons (Fsp3) is 0.238. The number of rotatable bonds is 6. The van der Waals surface area contributed by atoms with E-state index in [0.29, 0.717) is 21.8 Å². The number of ether oxygens (including phenoxy) is 1. The van der Waals surface area contributed by atoms with Gasteiger partial charge in [-0.1, -0.05) is 35.9 Å². The molecule has 1 heterocycles. The highest BCUT2D eigenvalue weighted by molar-refractivity contribution is 6.33. The van der Waals surface area contributed by atoms with E-state index >= 15 is 0 Å². The zero-order valence-corrected chi connectivity index (χ0v) is 16.5. The van der Waals surface area contributed by atoms with Gasteiger partial charge in [0.05, 0.1) is 23.6 Å². The lowest BCUT2D eigenvalue weighted by molar-refractivity contribution is -0.147. The molecule has 0 atom stereocenters. The van der Waals surface area contributed by atoms with Crippen LogP contribution in [0.15, 0.2) is 42.5 Å². The normalized spacial score (nSPS) is 13.1. The maximum Gasteiger partial charge on any atom is 0.308 e. The molecule has 0 unspecified atom stereocenters. The zero-order valence-electron chi connectivity index (χ0n) is 15.7. The molecular weight excluding hydrogens is 396 g/mol. The maximum absolute atomic E-state index is 12.4. The van der Waals surface area contributed by atoms with Crippen LogP contribution in [0.2, 0.25) is 5.02 Å². The van der Waals surface area contributed by atoms with E-state index in [4.69, 9.17) is 16.3 Å². The van der Waals surface area contributed by atoms with Gasteiger partial charge in [0, 0.05) is 12.1 Å². The molecule has 3 rings (SSSR count). The van der Waals surface area contributed by atoms with Crippen molar-refractivity contribution in [3.05, 3.63) is 64.2 Å². The molecule has 0 aliphatic carbocycles. The van der Waals surface area contributed by atoms with Crippen LogP contribution < -0.4 is 5.32 Å². The van der Waals surface area contributed by atoms with Crippen molar-refractivity contribution >= 4 is 41.0 Å². The second kappa shape index (κ2) is 8.87. The van der Waals surface area contributed by atoms with Gasteiger partial charge in [0.1, 0.15) is 0 Å². The molecule has 0 saturated carbocycles. The lowest BCUT2D eigenvalue weighted by atomic mass is 9.98. The highest BCUT2D eigenvalue weighted by Gasteiger charge is 2.30. The van der Waals surface area contributed by atoms with E-state index in [1.165, 1.54) is 0 Å². The number of hydrogen-bond donors (Lipinski definition) is 1.